The summed E-state index contributed by atoms with van der Waals surface area (Å²) >= 11 is 6.26. The number of likely N-dealkylation sites (N-methyl/N-ethyl adjacent to an activating group) is 1. The lowest BCUT2D eigenvalue weighted by atomic mass is 9.95. The van der Waals surface area contributed by atoms with Gasteiger partial charge in [0.1, 0.15) is 0 Å². The molecule has 1 amide bonds. The van der Waals surface area contributed by atoms with E-state index in [0.717, 1.165) is 0 Å². The van der Waals surface area contributed by atoms with Crippen molar-refractivity contribution in [2.75, 3.05) is 23.9 Å². The lowest BCUT2D eigenvalue weighted by molar-refractivity contribution is -0.126. The van der Waals surface area contributed by atoms with Gasteiger partial charge in [0.05, 0.1) is 12.2 Å². The van der Waals surface area contributed by atoms with Crippen molar-refractivity contribution in [1.29, 1.82) is 0 Å². The molecule has 0 saturated heterocycles. The van der Waals surface area contributed by atoms with Crippen LogP contribution in [0.5, 0.6) is 0 Å². The van der Waals surface area contributed by atoms with Crippen LogP contribution in [0.4, 0.5) is 5.69 Å². The number of rotatable bonds is 6. The second-order valence-electron chi connectivity index (χ2n) is 6.53. The van der Waals surface area contributed by atoms with Gasteiger partial charge in [-0.2, -0.15) is 0 Å². The van der Waals surface area contributed by atoms with Gasteiger partial charge in [-0.15, -0.1) is 6.58 Å². The molecule has 0 aliphatic carbocycles. The molecule has 7 heteroatoms. The average molecular weight is 431 g/mol. The van der Waals surface area contributed by atoms with Crippen LogP contribution in [0.2, 0.25) is 5.02 Å². The number of fused-ring (bicyclic) bond motifs is 1. The molecule has 0 fully saturated rings. The Morgan fingerprint density at radius 2 is 1.79 bits per heavy atom. The molecule has 152 valence electrons. The van der Waals surface area contributed by atoms with E-state index >= 15 is 0 Å². The Morgan fingerprint density at radius 1 is 1.14 bits per heavy atom. The van der Waals surface area contributed by atoms with Gasteiger partial charge in [-0.3, -0.25) is 9.10 Å². The first-order valence-corrected chi connectivity index (χ1v) is 11.2. The number of nitrogens with zero attached hydrogens (tertiary/aromatic N) is 2. The molecule has 0 bridgehead atoms. The molecule has 2 aromatic carbocycles. The van der Waals surface area contributed by atoms with Crippen LogP contribution in [0.1, 0.15) is 25.0 Å². The SMILES string of the molecule is C=CCN1c2ccc(Cl)cc2C(c2ccccc2)=C(C(=O)N(CC)CC)S1(=O)=O. The minimum atomic E-state index is -4.11. The van der Waals surface area contributed by atoms with Crippen molar-refractivity contribution in [2.24, 2.45) is 0 Å². The first kappa shape index (κ1) is 21.1. The maximum atomic E-state index is 13.7. The molecule has 1 heterocycles. The van der Waals surface area contributed by atoms with Gasteiger partial charge in [0.2, 0.25) is 0 Å². The number of hydrogen-bond acceptors (Lipinski definition) is 3. The molecule has 29 heavy (non-hydrogen) atoms. The van der Waals surface area contributed by atoms with Crippen LogP contribution in [0.15, 0.2) is 66.1 Å². The fourth-order valence-electron chi connectivity index (χ4n) is 3.49. The Morgan fingerprint density at radius 3 is 2.38 bits per heavy atom. The molecule has 3 rings (SSSR count). The van der Waals surface area contributed by atoms with Crippen LogP contribution < -0.4 is 4.31 Å². The number of carbonyl (C=O) groups excluding carboxylic acids is 1. The van der Waals surface area contributed by atoms with Crippen molar-refractivity contribution in [3.05, 3.63) is 82.2 Å². The van der Waals surface area contributed by atoms with Crippen LogP contribution in [-0.2, 0) is 14.8 Å². The van der Waals surface area contributed by atoms with Gasteiger partial charge in [0, 0.05) is 29.2 Å². The summed E-state index contributed by atoms with van der Waals surface area (Å²) < 4.78 is 28.5. The standard InChI is InChI=1S/C22H23ClN2O3S/c1-4-14-25-19-13-12-17(23)15-18(19)20(16-10-8-7-9-11-16)21(29(25,27)28)22(26)24(5-2)6-3/h4,7-13,15H,1,5-6,14H2,2-3H3. The predicted octanol–water partition coefficient (Wildman–Crippen LogP) is 4.30. The third-order valence-corrected chi connectivity index (χ3v) is 6.93. The fraction of sp³-hybridized carbons (Fsp3) is 0.227. The van der Waals surface area contributed by atoms with Crippen molar-refractivity contribution in [3.63, 3.8) is 0 Å². The van der Waals surface area contributed by atoms with Crippen molar-refractivity contribution in [1.82, 2.24) is 4.90 Å². The maximum absolute atomic E-state index is 13.7. The van der Waals surface area contributed by atoms with Gasteiger partial charge >= 0.3 is 0 Å². The zero-order chi connectivity index (χ0) is 21.2. The molecular formula is C22H23ClN2O3S. The van der Waals surface area contributed by atoms with E-state index in [0.29, 0.717) is 40.5 Å². The van der Waals surface area contributed by atoms with Gasteiger partial charge in [0.25, 0.3) is 15.9 Å². The van der Waals surface area contributed by atoms with Crippen LogP contribution in [0.25, 0.3) is 5.57 Å². The van der Waals surface area contributed by atoms with Gasteiger partial charge in [-0.25, -0.2) is 8.42 Å². The summed E-state index contributed by atoms with van der Waals surface area (Å²) in [4.78, 5) is 14.7. The van der Waals surface area contributed by atoms with Crippen LogP contribution in [0, 0.1) is 0 Å². The second-order valence-corrected chi connectivity index (χ2v) is 8.77. The zero-order valence-electron chi connectivity index (χ0n) is 16.4. The molecule has 0 spiro atoms. The van der Waals surface area contributed by atoms with E-state index in [9.17, 15) is 13.2 Å². The van der Waals surface area contributed by atoms with Gasteiger partial charge in [0.15, 0.2) is 4.91 Å². The van der Waals surface area contributed by atoms with E-state index in [1.165, 1.54) is 15.3 Å². The molecular weight excluding hydrogens is 408 g/mol. The molecule has 0 atom stereocenters. The number of sulfonamides is 1. The molecule has 0 aromatic heterocycles. The Hall–Kier alpha value is -2.57. The summed E-state index contributed by atoms with van der Waals surface area (Å²) in [7, 11) is -4.11. The first-order valence-electron chi connectivity index (χ1n) is 9.39. The van der Waals surface area contributed by atoms with E-state index in [1.807, 2.05) is 32.0 Å². The summed E-state index contributed by atoms with van der Waals surface area (Å²) in [6, 6.07) is 14.1. The summed E-state index contributed by atoms with van der Waals surface area (Å²) in [6.45, 7) is 8.19. The van der Waals surface area contributed by atoms with Crippen LogP contribution in [-0.4, -0.2) is 38.9 Å². The second kappa shape index (κ2) is 8.43. The lowest BCUT2D eigenvalue weighted by Gasteiger charge is -2.34. The molecule has 5 nitrogen and oxygen atoms in total. The summed E-state index contributed by atoms with van der Waals surface area (Å²) in [5.74, 6) is -0.520. The summed E-state index contributed by atoms with van der Waals surface area (Å²) in [5, 5.41) is 0.463. The first-order chi connectivity index (χ1) is 13.9. The van der Waals surface area contributed by atoms with E-state index in [2.05, 4.69) is 6.58 Å². The number of amides is 1. The van der Waals surface area contributed by atoms with Crippen molar-refractivity contribution < 1.29 is 13.2 Å². The highest BCUT2D eigenvalue weighted by molar-refractivity contribution is 7.97. The molecule has 0 unspecified atom stereocenters. The molecule has 0 N–H and O–H groups in total. The van der Waals surface area contributed by atoms with Crippen molar-refractivity contribution >= 4 is 38.8 Å². The largest absolute Gasteiger partial charge is 0.339 e. The highest BCUT2D eigenvalue weighted by Gasteiger charge is 2.42. The number of anilines is 1. The maximum Gasteiger partial charge on any atom is 0.270 e. The fourth-order valence-corrected chi connectivity index (χ4v) is 5.44. The Kier molecular flexibility index (Phi) is 6.15. The molecule has 1 aliphatic heterocycles. The van der Waals surface area contributed by atoms with Crippen molar-refractivity contribution in [3.8, 4) is 0 Å². The number of benzene rings is 2. The quantitative estimate of drug-likeness (QED) is 0.642. The number of carbonyl (C=O) groups is 1. The highest BCUT2D eigenvalue weighted by atomic mass is 35.5. The van der Waals surface area contributed by atoms with Crippen molar-refractivity contribution in [2.45, 2.75) is 13.8 Å². The van der Waals surface area contributed by atoms with E-state index in [4.69, 9.17) is 11.6 Å². The van der Waals surface area contributed by atoms with Gasteiger partial charge in [-0.05, 0) is 37.6 Å². The minimum Gasteiger partial charge on any atom is -0.339 e. The number of hydrogen-bond donors (Lipinski definition) is 0. The van der Waals surface area contributed by atoms with Gasteiger partial charge in [-0.1, -0.05) is 48.0 Å². The Balaban J connectivity index is 2.45. The Labute approximate surface area is 176 Å². The third-order valence-electron chi connectivity index (χ3n) is 4.87. The van der Waals surface area contributed by atoms with E-state index in [1.54, 1.807) is 30.3 Å². The molecule has 0 radical (unpaired) electrons. The normalized spacial score (nSPS) is 15.1. The Bertz CT molecular complexity index is 1070. The zero-order valence-corrected chi connectivity index (χ0v) is 18.0. The summed E-state index contributed by atoms with van der Waals surface area (Å²) in [6.07, 6.45) is 1.50. The monoisotopic (exact) mass is 430 g/mol. The third kappa shape index (κ3) is 3.70. The van der Waals surface area contributed by atoms with Gasteiger partial charge < -0.3 is 4.90 Å². The molecule has 2 aromatic rings. The smallest absolute Gasteiger partial charge is 0.270 e. The highest BCUT2D eigenvalue weighted by Crippen LogP contribution is 2.44. The van der Waals surface area contributed by atoms with Crippen LogP contribution in [0.3, 0.4) is 0 Å². The van der Waals surface area contributed by atoms with Crippen LogP contribution >= 0.6 is 11.6 Å². The molecule has 1 aliphatic rings. The van der Waals surface area contributed by atoms with E-state index in [-0.39, 0.29) is 11.4 Å². The topological polar surface area (TPSA) is 57.7 Å². The average Bonchev–Trinajstić information content (AvgIpc) is 2.71. The minimum absolute atomic E-state index is 0.0497. The summed E-state index contributed by atoms with van der Waals surface area (Å²) in [5.41, 5.74) is 2.11. The predicted molar refractivity (Wildman–Crippen MR) is 118 cm³/mol. The lowest BCUT2D eigenvalue weighted by Crippen LogP contribution is -2.43. The van der Waals surface area contributed by atoms with E-state index < -0.39 is 15.9 Å². The molecule has 0 saturated carbocycles. The number of halogens is 1.